The highest BCUT2D eigenvalue weighted by Crippen LogP contribution is 2.18. The minimum absolute atomic E-state index is 0.188. The number of hydrogen-bond acceptors (Lipinski definition) is 4. The third-order valence-electron chi connectivity index (χ3n) is 3.36. The van der Waals surface area contributed by atoms with E-state index in [1.54, 1.807) is 12.1 Å². The predicted octanol–water partition coefficient (Wildman–Crippen LogP) is 3.48. The molecule has 0 aliphatic carbocycles. The third-order valence-corrected chi connectivity index (χ3v) is 4.38. The maximum absolute atomic E-state index is 12.8. The molecule has 0 aliphatic heterocycles. The smallest absolute Gasteiger partial charge is 0.307 e. The van der Waals surface area contributed by atoms with Crippen LogP contribution in [0.5, 0.6) is 0 Å². The molecule has 1 N–H and O–H groups in total. The Labute approximate surface area is 150 Å². The molecule has 0 bridgehead atoms. The molecule has 0 unspecified atom stereocenters. The van der Waals surface area contributed by atoms with E-state index >= 15 is 0 Å². The fourth-order valence-electron chi connectivity index (χ4n) is 1.96. The van der Waals surface area contributed by atoms with Crippen LogP contribution in [0.3, 0.4) is 0 Å². The van der Waals surface area contributed by atoms with Crippen LogP contribution < -0.4 is 5.32 Å². The molecule has 132 valence electrons. The Balaban J connectivity index is 1.59. The van der Waals surface area contributed by atoms with E-state index in [1.807, 2.05) is 31.2 Å². The summed E-state index contributed by atoms with van der Waals surface area (Å²) in [7, 11) is 0. The van der Waals surface area contributed by atoms with Gasteiger partial charge in [0.25, 0.3) is 5.91 Å². The molecule has 2 aromatic rings. The van der Waals surface area contributed by atoms with E-state index in [1.165, 1.54) is 23.9 Å². The van der Waals surface area contributed by atoms with Crippen LogP contribution in [0.1, 0.15) is 17.5 Å². The van der Waals surface area contributed by atoms with E-state index < -0.39 is 5.97 Å². The van der Waals surface area contributed by atoms with Crippen LogP contribution in [0.2, 0.25) is 0 Å². The van der Waals surface area contributed by atoms with Crippen LogP contribution in [-0.4, -0.2) is 24.2 Å². The van der Waals surface area contributed by atoms with Gasteiger partial charge in [-0.15, -0.1) is 11.8 Å². The summed E-state index contributed by atoms with van der Waals surface area (Å²) < 4.78 is 17.7. The average molecular weight is 361 g/mol. The summed E-state index contributed by atoms with van der Waals surface area (Å²) >= 11 is 1.43. The normalized spacial score (nSPS) is 10.3. The second-order valence-corrected chi connectivity index (χ2v) is 6.64. The summed E-state index contributed by atoms with van der Waals surface area (Å²) in [6.07, 6.45) is 0.188. The van der Waals surface area contributed by atoms with Crippen molar-refractivity contribution in [2.75, 3.05) is 12.4 Å². The van der Waals surface area contributed by atoms with Gasteiger partial charge in [0, 0.05) is 17.2 Å². The van der Waals surface area contributed by atoms with Gasteiger partial charge in [-0.2, -0.15) is 0 Å². The van der Waals surface area contributed by atoms with Crippen molar-refractivity contribution >= 4 is 23.6 Å². The summed E-state index contributed by atoms with van der Waals surface area (Å²) in [5, 5.41) is 2.70. The van der Waals surface area contributed by atoms with Crippen molar-refractivity contribution in [2.24, 2.45) is 0 Å². The SMILES string of the molecule is Cc1ccc(CNC(=O)COC(=O)CCSc2ccc(F)cc2)cc1. The van der Waals surface area contributed by atoms with Gasteiger partial charge in [-0.25, -0.2) is 4.39 Å². The first-order valence-corrected chi connectivity index (χ1v) is 8.88. The monoisotopic (exact) mass is 361 g/mol. The summed E-state index contributed by atoms with van der Waals surface area (Å²) in [5.41, 5.74) is 2.14. The van der Waals surface area contributed by atoms with E-state index in [4.69, 9.17) is 4.74 Å². The minimum atomic E-state index is -0.430. The van der Waals surface area contributed by atoms with Crippen molar-refractivity contribution in [1.29, 1.82) is 0 Å². The highest BCUT2D eigenvalue weighted by atomic mass is 32.2. The van der Waals surface area contributed by atoms with Gasteiger partial charge < -0.3 is 10.1 Å². The number of halogens is 1. The molecule has 2 aromatic carbocycles. The first-order valence-electron chi connectivity index (χ1n) is 7.89. The number of thioether (sulfide) groups is 1. The van der Waals surface area contributed by atoms with Crippen molar-refractivity contribution in [3.05, 3.63) is 65.5 Å². The van der Waals surface area contributed by atoms with E-state index in [0.29, 0.717) is 12.3 Å². The van der Waals surface area contributed by atoms with Crippen LogP contribution in [0.15, 0.2) is 53.4 Å². The summed E-state index contributed by atoms with van der Waals surface area (Å²) in [5.74, 6) is -0.546. The Morgan fingerprint density at radius 1 is 1.08 bits per heavy atom. The molecule has 0 heterocycles. The molecule has 0 aromatic heterocycles. The van der Waals surface area contributed by atoms with Crippen molar-refractivity contribution < 1.29 is 18.7 Å². The number of amides is 1. The lowest BCUT2D eigenvalue weighted by molar-refractivity contribution is -0.148. The molecule has 0 saturated heterocycles. The molecule has 4 nitrogen and oxygen atoms in total. The first-order chi connectivity index (χ1) is 12.0. The number of aryl methyl sites for hydroxylation is 1. The van der Waals surface area contributed by atoms with Crippen LogP contribution in [0.25, 0.3) is 0 Å². The van der Waals surface area contributed by atoms with Crippen LogP contribution in [-0.2, 0) is 20.9 Å². The molecular formula is C19H20FNO3S. The number of rotatable bonds is 8. The van der Waals surface area contributed by atoms with Crippen molar-refractivity contribution in [1.82, 2.24) is 5.32 Å². The topological polar surface area (TPSA) is 55.4 Å². The number of hydrogen-bond donors (Lipinski definition) is 1. The highest BCUT2D eigenvalue weighted by Gasteiger charge is 2.08. The molecule has 0 spiro atoms. The van der Waals surface area contributed by atoms with E-state index in [9.17, 15) is 14.0 Å². The zero-order valence-corrected chi connectivity index (χ0v) is 14.8. The molecule has 0 atom stereocenters. The molecule has 1 amide bonds. The molecule has 0 fully saturated rings. The lowest BCUT2D eigenvalue weighted by atomic mass is 10.1. The number of carbonyl (C=O) groups excluding carboxylic acids is 2. The van der Waals surface area contributed by atoms with Crippen LogP contribution >= 0.6 is 11.8 Å². The molecule has 6 heteroatoms. The maximum atomic E-state index is 12.8. The molecule has 0 radical (unpaired) electrons. The van der Waals surface area contributed by atoms with Gasteiger partial charge in [-0.3, -0.25) is 9.59 Å². The Morgan fingerprint density at radius 3 is 2.44 bits per heavy atom. The van der Waals surface area contributed by atoms with Gasteiger partial charge in [-0.05, 0) is 36.8 Å². The molecular weight excluding hydrogens is 341 g/mol. The van der Waals surface area contributed by atoms with Gasteiger partial charge in [-0.1, -0.05) is 29.8 Å². The van der Waals surface area contributed by atoms with Crippen molar-refractivity contribution in [3.63, 3.8) is 0 Å². The van der Waals surface area contributed by atoms with Gasteiger partial charge in [0.05, 0.1) is 6.42 Å². The number of ether oxygens (including phenoxy) is 1. The van der Waals surface area contributed by atoms with Gasteiger partial charge in [0.2, 0.25) is 0 Å². The second kappa shape index (κ2) is 9.84. The fraction of sp³-hybridized carbons (Fsp3) is 0.263. The Hall–Kier alpha value is -2.34. The van der Waals surface area contributed by atoms with E-state index in [2.05, 4.69) is 5.32 Å². The van der Waals surface area contributed by atoms with Gasteiger partial charge in [0.1, 0.15) is 5.82 Å². The van der Waals surface area contributed by atoms with Gasteiger partial charge in [0.15, 0.2) is 6.61 Å². The number of esters is 1. The van der Waals surface area contributed by atoms with E-state index in [-0.39, 0.29) is 24.8 Å². The predicted molar refractivity (Wildman–Crippen MR) is 95.7 cm³/mol. The maximum Gasteiger partial charge on any atom is 0.307 e. The first kappa shape index (κ1) is 19.0. The zero-order valence-electron chi connectivity index (χ0n) is 14.0. The van der Waals surface area contributed by atoms with Crippen molar-refractivity contribution in [2.45, 2.75) is 24.8 Å². The number of benzene rings is 2. The molecule has 2 rings (SSSR count). The van der Waals surface area contributed by atoms with Gasteiger partial charge >= 0.3 is 5.97 Å². The van der Waals surface area contributed by atoms with Crippen molar-refractivity contribution in [3.8, 4) is 0 Å². The number of nitrogens with one attached hydrogen (secondary N) is 1. The Morgan fingerprint density at radius 2 is 1.76 bits per heavy atom. The minimum Gasteiger partial charge on any atom is -0.456 e. The lowest BCUT2D eigenvalue weighted by Gasteiger charge is -2.07. The average Bonchev–Trinajstić information content (AvgIpc) is 2.61. The summed E-state index contributed by atoms with van der Waals surface area (Å²) in [6.45, 7) is 2.11. The van der Waals surface area contributed by atoms with E-state index in [0.717, 1.165) is 16.0 Å². The largest absolute Gasteiger partial charge is 0.456 e. The summed E-state index contributed by atoms with van der Waals surface area (Å²) in [4.78, 5) is 24.2. The quantitative estimate of drug-likeness (QED) is 0.578. The Kier molecular flexibility index (Phi) is 7.47. The zero-order chi connectivity index (χ0) is 18.1. The standard InChI is InChI=1S/C19H20FNO3S/c1-14-2-4-15(5-3-14)12-21-18(22)13-24-19(23)10-11-25-17-8-6-16(20)7-9-17/h2-9H,10-13H2,1H3,(H,21,22). The lowest BCUT2D eigenvalue weighted by Crippen LogP contribution is -2.28. The number of carbonyl (C=O) groups is 2. The fourth-order valence-corrected chi connectivity index (χ4v) is 2.79. The molecule has 25 heavy (non-hydrogen) atoms. The Bertz CT molecular complexity index is 702. The van der Waals surface area contributed by atoms with Crippen LogP contribution in [0.4, 0.5) is 4.39 Å². The highest BCUT2D eigenvalue weighted by molar-refractivity contribution is 7.99. The molecule has 0 saturated carbocycles. The third kappa shape index (κ3) is 7.39. The van der Waals surface area contributed by atoms with Crippen LogP contribution in [0, 0.1) is 12.7 Å². The molecule has 0 aliphatic rings. The summed E-state index contributed by atoms with van der Waals surface area (Å²) in [6, 6.07) is 13.9. The second-order valence-electron chi connectivity index (χ2n) is 5.48.